The van der Waals surface area contributed by atoms with Gasteiger partial charge in [0.2, 0.25) is 10.0 Å². The van der Waals surface area contributed by atoms with Crippen LogP contribution in [0.5, 0.6) is 0 Å². The van der Waals surface area contributed by atoms with Gasteiger partial charge in [-0.1, -0.05) is 11.6 Å². The highest BCUT2D eigenvalue weighted by molar-refractivity contribution is 7.89. The van der Waals surface area contributed by atoms with E-state index in [1.165, 1.54) is 25.2 Å². The first-order valence-corrected chi connectivity index (χ1v) is 8.35. The fourth-order valence-corrected chi connectivity index (χ4v) is 3.08. The smallest absolute Gasteiger partial charge is 0.255 e. The Morgan fingerprint density at radius 2 is 2.19 bits per heavy atom. The van der Waals surface area contributed by atoms with Crippen LogP contribution in [-0.2, 0) is 14.8 Å². The van der Waals surface area contributed by atoms with Crippen molar-refractivity contribution in [3.63, 3.8) is 0 Å². The largest absolute Gasteiger partial charge is 0.375 e. The summed E-state index contributed by atoms with van der Waals surface area (Å²) in [4.78, 5) is 14.1. The summed E-state index contributed by atoms with van der Waals surface area (Å²) >= 11 is 6.05. The molecule has 1 aliphatic rings. The van der Waals surface area contributed by atoms with E-state index in [0.717, 1.165) is 0 Å². The second-order valence-electron chi connectivity index (χ2n) is 4.78. The monoisotopic (exact) mass is 332 g/mol. The number of carbonyl (C=O) groups excluding carboxylic acids is 1. The van der Waals surface area contributed by atoms with Gasteiger partial charge in [-0.25, -0.2) is 13.1 Å². The third-order valence-corrected chi connectivity index (χ3v) is 5.02. The van der Waals surface area contributed by atoms with Crippen molar-refractivity contribution in [1.29, 1.82) is 0 Å². The minimum atomic E-state index is -3.62. The lowest BCUT2D eigenvalue weighted by molar-refractivity contribution is -0.0124. The number of nitrogens with one attached hydrogen (secondary N) is 1. The normalized spacial score (nSPS) is 19.6. The molecule has 1 fully saturated rings. The predicted molar refractivity (Wildman–Crippen MR) is 79.0 cm³/mol. The zero-order valence-corrected chi connectivity index (χ0v) is 13.4. The number of sulfonamides is 1. The number of hydrogen-bond acceptors (Lipinski definition) is 4. The number of rotatable bonds is 3. The maximum absolute atomic E-state index is 12.5. The van der Waals surface area contributed by atoms with Gasteiger partial charge >= 0.3 is 0 Å². The van der Waals surface area contributed by atoms with Crippen molar-refractivity contribution in [1.82, 2.24) is 9.62 Å². The van der Waals surface area contributed by atoms with Crippen molar-refractivity contribution in [3.8, 4) is 0 Å². The SMILES string of the molecule is CNS(=O)(=O)c1ccc(Cl)c(C(=O)N2CCO[C@@H](C)C2)c1. The van der Waals surface area contributed by atoms with Gasteiger partial charge in [-0.15, -0.1) is 0 Å². The van der Waals surface area contributed by atoms with Crippen LogP contribution in [0.3, 0.4) is 0 Å². The molecule has 1 aromatic carbocycles. The van der Waals surface area contributed by atoms with Gasteiger partial charge in [-0.05, 0) is 32.2 Å². The van der Waals surface area contributed by atoms with Gasteiger partial charge in [0.15, 0.2) is 0 Å². The molecule has 0 radical (unpaired) electrons. The van der Waals surface area contributed by atoms with E-state index in [-0.39, 0.29) is 27.5 Å². The maximum atomic E-state index is 12.5. The molecule has 0 unspecified atom stereocenters. The number of hydrogen-bond donors (Lipinski definition) is 1. The molecule has 1 N–H and O–H groups in total. The van der Waals surface area contributed by atoms with Crippen molar-refractivity contribution in [2.75, 3.05) is 26.7 Å². The molecule has 0 aromatic heterocycles. The second-order valence-corrected chi connectivity index (χ2v) is 7.08. The van der Waals surface area contributed by atoms with Gasteiger partial charge in [-0.3, -0.25) is 4.79 Å². The Balaban J connectivity index is 2.34. The first-order valence-electron chi connectivity index (χ1n) is 6.49. The molecule has 2 rings (SSSR count). The lowest BCUT2D eigenvalue weighted by Crippen LogP contribution is -2.44. The molecule has 1 aromatic rings. The van der Waals surface area contributed by atoms with E-state index in [0.29, 0.717) is 19.7 Å². The fourth-order valence-electron chi connectivity index (χ4n) is 2.13. The molecule has 1 saturated heterocycles. The molecule has 0 aliphatic carbocycles. The van der Waals surface area contributed by atoms with Crippen molar-refractivity contribution in [3.05, 3.63) is 28.8 Å². The Morgan fingerprint density at radius 1 is 1.48 bits per heavy atom. The second kappa shape index (κ2) is 6.31. The summed E-state index contributed by atoms with van der Waals surface area (Å²) in [5.41, 5.74) is 0.182. The number of benzene rings is 1. The molecule has 21 heavy (non-hydrogen) atoms. The number of carbonyl (C=O) groups is 1. The molecular weight excluding hydrogens is 316 g/mol. The van der Waals surface area contributed by atoms with Gasteiger partial charge in [0.25, 0.3) is 5.91 Å². The summed E-state index contributed by atoms with van der Waals surface area (Å²) in [6.45, 7) is 3.25. The lowest BCUT2D eigenvalue weighted by Gasteiger charge is -2.31. The van der Waals surface area contributed by atoms with Gasteiger partial charge in [0.1, 0.15) is 0 Å². The van der Waals surface area contributed by atoms with E-state index < -0.39 is 10.0 Å². The first kappa shape index (κ1) is 16.2. The zero-order valence-electron chi connectivity index (χ0n) is 11.8. The molecule has 0 saturated carbocycles. The van der Waals surface area contributed by atoms with Crippen molar-refractivity contribution < 1.29 is 17.9 Å². The molecule has 1 heterocycles. The van der Waals surface area contributed by atoms with Crippen molar-refractivity contribution in [2.45, 2.75) is 17.9 Å². The highest BCUT2D eigenvalue weighted by Crippen LogP contribution is 2.22. The minimum Gasteiger partial charge on any atom is -0.375 e. The van der Waals surface area contributed by atoms with Gasteiger partial charge in [0, 0.05) is 13.1 Å². The van der Waals surface area contributed by atoms with E-state index in [1.54, 1.807) is 4.90 Å². The van der Waals surface area contributed by atoms with Crippen LogP contribution in [0.25, 0.3) is 0 Å². The third kappa shape index (κ3) is 3.55. The molecule has 6 nitrogen and oxygen atoms in total. The van der Waals surface area contributed by atoms with Crippen LogP contribution in [0.15, 0.2) is 23.1 Å². The maximum Gasteiger partial charge on any atom is 0.255 e. The molecule has 8 heteroatoms. The molecule has 0 bridgehead atoms. The van der Waals surface area contributed by atoms with E-state index in [2.05, 4.69) is 4.72 Å². The average Bonchev–Trinajstić information content (AvgIpc) is 2.47. The summed E-state index contributed by atoms with van der Waals surface area (Å²) in [5, 5.41) is 0.231. The van der Waals surface area contributed by atoms with Gasteiger partial charge in [-0.2, -0.15) is 0 Å². The fraction of sp³-hybridized carbons (Fsp3) is 0.462. The van der Waals surface area contributed by atoms with Crippen molar-refractivity contribution in [2.24, 2.45) is 0 Å². The van der Waals surface area contributed by atoms with Crippen LogP contribution in [0.2, 0.25) is 5.02 Å². The average molecular weight is 333 g/mol. The zero-order chi connectivity index (χ0) is 15.6. The summed E-state index contributed by atoms with van der Waals surface area (Å²) in [7, 11) is -2.30. The van der Waals surface area contributed by atoms with Crippen LogP contribution in [0.4, 0.5) is 0 Å². The summed E-state index contributed by atoms with van der Waals surface area (Å²) in [6, 6.07) is 4.09. The molecule has 1 amide bonds. The van der Waals surface area contributed by atoms with Crippen LogP contribution in [-0.4, -0.2) is 52.1 Å². The standard InChI is InChI=1S/C13H17ClN2O4S/c1-9-8-16(5-6-20-9)13(17)11-7-10(3-4-12(11)14)21(18,19)15-2/h3-4,7,9,15H,5-6,8H2,1-2H3/t9-/m0/s1. The Kier molecular flexibility index (Phi) is 4.88. The molecule has 1 atom stereocenters. The molecule has 116 valence electrons. The quantitative estimate of drug-likeness (QED) is 0.899. The lowest BCUT2D eigenvalue weighted by atomic mass is 10.1. The van der Waals surface area contributed by atoms with E-state index >= 15 is 0 Å². The highest BCUT2D eigenvalue weighted by Gasteiger charge is 2.25. The molecular formula is C13H17ClN2O4S. The number of nitrogens with zero attached hydrogens (tertiary/aromatic N) is 1. The first-order chi connectivity index (χ1) is 9.85. The van der Waals surface area contributed by atoms with Crippen LogP contribution < -0.4 is 4.72 Å². The number of ether oxygens (including phenoxy) is 1. The molecule has 1 aliphatic heterocycles. The Bertz CT molecular complexity index is 648. The highest BCUT2D eigenvalue weighted by atomic mass is 35.5. The summed E-state index contributed by atoms with van der Waals surface area (Å²) < 4.78 is 31.2. The molecule has 0 spiro atoms. The summed E-state index contributed by atoms with van der Waals surface area (Å²) in [6.07, 6.45) is -0.0503. The van der Waals surface area contributed by atoms with Crippen LogP contribution >= 0.6 is 11.6 Å². The van der Waals surface area contributed by atoms with E-state index in [1.807, 2.05) is 6.92 Å². The predicted octanol–water partition coefficient (Wildman–Crippen LogP) is 1.11. The Hall–Kier alpha value is -1.15. The van der Waals surface area contributed by atoms with Gasteiger partial charge in [0.05, 0.1) is 28.2 Å². The third-order valence-electron chi connectivity index (χ3n) is 3.28. The van der Waals surface area contributed by atoms with E-state index in [9.17, 15) is 13.2 Å². The van der Waals surface area contributed by atoms with Crippen molar-refractivity contribution >= 4 is 27.5 Å². The number of halogens is 1. The number of morpholine rings is 1. The Labute approximate surface area is 129 Å². The topological polar surface area (TPSA) is 75.7 Å². The van der Waals surface area contributed by atoms with Crippen LogP contribution in [0, 0.1) is 0 Å². The summed E-state index contributed by atoms with van der Waals surface area (Å²) in [5.74, 6) is -0.289. The number of amides is 1. The minimum absolute atomic E-state index is 0.0130. The van der Waals surface area contributed by atoms with Crippen LogP contribution in [0.1, 0.15) is 17.3 Å². The van der Waals surface area contributed by atoms with Gasteiger partial charge < -0.3 is 9.64 Å². The Morgan fingerprint density at radius 3 is 2.81 bits per heavy atom. The van der Waals surface area contributed by atoms with E-state index in [4.69, 9.17) is 16.3 Å².